The highest BCUT2D eigenvalue weighted by molar-refractivity contribution is 5.05. The van der Waals surface area contributed by atoms with Gasteiger partial charge in [0.25, 0.3) is 0 Å². The Hall–Kier alpha value is -1.78. The van der Waals surface area contributed by atoms with Crippen molar-refractivity contribution in [3.05, 3.63) is 60.2 Å². The molecule has 0 aliphatic rings. The maximum atomic E-state index is 5.31. The van der Waals surface area contributed by atoms with Crippen molar-refractivity contribution < 1.29 is 4.84 Å². The van der Waals surface area contributed by atoms with Gasteiger partial charge in [-0.1, -0.05) is 12.1 Å². The molecule has 2 rings (SSSR count). The number of aromatic nitrogens is 2. The summed E-state index contributed by atoms with van der Waals surface area (Å²) in [7, 11) is 1.66. The number of nitrogens with zero attached hydrogens (tertiary/aromatic N) is 3. The van der Waals surface area contributed by atoms with Crippen LogP contribution in [-0.2, 0) is 17.9 Å². The summed E-state index contributed by atoms with van der Waals surface area (Å²) in [4.78, 5) is 13.8. The highest BCUT2D eigenvalue weighted by atomic mass is 16.7. The molecule has 0 saturated heterocycles. The lowest BCUT2D eigenvalue weighted by Crippen LogP contribution is -2.22. The predicted molar refractivity (Wildman–Crippen MR) is 64.7 cm³/mol. The Labute approximate surface area is 101 Å². The largest absolute Gasteiger partial charge is 0.302 e. The quantitative estimate of drug-likeness (QED) is 0.735. The molecule has 88 valence electrons. The van der Waals surface area contributed by atoms with Crippen LogP contribution in [0.1, 0.15) is 11.4 Å². The fourth-order valence-electron chi connectivity index (χ4n) is 1.53. The Morgan fingerprint density at radius 1 is 0.941 bits per heavy atom. The lowest BCUT2D eigenvalue weighted by molar-refractivity contribution is -0.148. The van der Waals surface area contributed by atoms with Gasteiger partial charge in [0.05, 0.1) is 31.6 Å². The van der Waals surface area contributed by atoms with Gasteiger partial charge in [-0.05, 0) is 24.3 Å². The van der Waals surface area contributed by atoms with Gasteiger partial charge in [0, 0.05) is 12.4 Å². The number of rotatable bonds is 5. The molecule has 2 aromatic heterocycles. The summed E-state index contributed by atoms with van der Waals surface area (Å²) in [6.07, 6.45) is 3.56. The molecule has 0 radical (unpaired) electrons. The lowest BCUT2D eigenvalue weighted by Gasteiger charge is -2.18. The molecular formula is C13H15N3O. The Balaban J connectivity index is 1.98. The van der Waals surface area contributed by atoms with Gasteiger partial charge >= 0.3 is 0 Å². The van der Waals surface area contributed by atoms with Crippen molar-refractivity contribution >= 4 is 0 Å². The van der Waals surface area contributed by atoms with Crippen LogP contribution < -0.4 is 0 Å². The Kier molecular flexibility index (Phi) is 4.18. The second-order valence-corrected chi connectivity index (χ2v) is 3.62. The molecule has 0 bridgehead atoms. The molecule has 0 atom stereocenters. The van der Waals surface area contributed by atoms with Crippen LogP contribution in [0.3, 0.4) is 0 Å². The normalized spacial score (nSPS) is 10.7. The van der Waals surface area contributed by atoms with Crippen molar-refractivity contribution in [3.63, 3.8) is 0 Å². The van der Waals surface area contributed by atoms with Crippen LogP contribution in [0.2, 0.25) is 0 Å². The monoisotopic (exact) mass is 229 g/mol. The zero-order valence-corrected chi connectivity index (χ0v) is 9.78. The molecule has 4 nitrogen and oxygen atoms in total. The van der Waals surface area contributed by atoms with Crippen LogP contribution in [0.15, 0.2) is 48.8 Å². The summed E-state index contributed by atoms with van der Waals surface area (Å²) in [6, 6.07) is 11.7. The van der Waals surface area contributed by atoms with E-state index >= 15 is 0 Å². The smallest absolute Gasteiger partial charge is 0.0668 e. The van der Waals surface area contributed by atoms with Gasteiger partial charge in [-0.3, -0.25) is 9.97 Å². The molecule has 4 heteroatoms. The third kappa shape index (κ3) is 3.62. The number of hydrogen-bond donors (Lipinski definition) is 0. The number of hydrogen-bond acceptors (Lipinski definition) is 4. The zero-order chi connectivity index (χ0) is 11.9. The van der Waals surface area contributed by atoms with E-state index in [0.29, 0.717) is 13.1 Å². The summed E-state index contributed by atoms with van der Waals surface area (Å²) >= 11 is 0. The predicted octanol–water partition coefficient (Wildman–Crippen LogP) is 2.04. The topological polar surface area (TPSA) is 38.2 Å². The molecule has 0 saturated carbocycles. The summed E-state index contributed by atoms with van der Waals surface area (Å²) in [5.74, 6) is 0. The third-order valence-corrected chi connectivity index (χ3v) is 2.39. The number of hydroxylamine groups is 2. The first-order valence-corrected chi connectivity index (χ1v) is 5.47. The average molecular weight is 229 g/mol. The molecule has 0 aliphatic heterocycles. The first-order chi connectivity index (χ1) is 8.38. The average Bonchev–Trinajstić information content (AvgIpc) is 2.40. The van der Waals surface area contributed by atoms with Gasteiger partial charge in [0.15, 0.2) is 0 Å². The van der Waals surface area contributed by atoms with Crippen LogP contribution in [0, 0.1) is 0 Å². The summed E-state index contributed by atoms with van der Waals surface area (Å²) in [5.41, 5.74) is 1.95. The van der Waals surface area contributed by atoms with Crippen molar-refractivity contribution in [1.82, 2.24) is 15.0 Å². The van der Waals surface area contributed by atoms with Gasteiger partial charge in [0.2, 0.25) is 0 Å². The standard InChI is InChI=1S/C13H15N3O/c1-17-16(10-12-6-2-4-8-14-12)11-13-7-3-5-9-15-13/h2-9H,10-11H2,1H3. The maximum absolute atomic E-state index is 5.31. The van der Waals surface area contributed by atoms with E-state index in [-0.39, 0.29) is 0 Å². The van der Waals surface area contributed by atoms with Crippen molar-refractivity contribution in [2.24, 2.45) is 0 Å². The maximum Gasteiger partial charge on any atom is 0.0668 e. The lowest BCUT2D eigenvalue weighted by atomic mass is 10.3. The minimum Gasteiger partial charge on any atom is -0.302 e. The van der Waals surface area contributed by atoms with E-state index < -0.39 is 0 Å². The van der Waals surface area contributed by atoms with Crippen molar-refractivity contribution in [2.75, 3.05) is 7.11 Å². The van der Waals surface area contributed by atoms with E-state index in [1.165, 1.54) is 0 Å². The van der Waals surface area contributed by atoms with Gasteiger partial charge in [0.1, 0.15) is 0 Å². The molecule has 2 aromatic rings. The van der Waals surface area contributed by atoms with Crippen molar-refractivity contribution in [2.45, 2.75) is 13.1 Å². The van der Waals surface area contributed by atoms with E-state index in [2.05, 4.69) is 9.97 Å². The van der Waals surface area contributed by atoms with Gasteiger partial charge in [-0.25, -0.2) is 0 Å². The first-order valence-electron chi connectivity index (χ1n) is 5.47. The van der Waals surface area contributed by atoms with Crippen LogP contribution in [0.25, 0.3) is 0 Å². The molecule has 0 spiro atoms. The molecule has 0 aliphatic carbocycles. The van der Waals surface area contributed by atoms with E-state index in [0.717, 1.165) is 11.4 Å². The van der Waals surface area contributed by atoms with Crippen molar-refractivity contribution in [1.29, 1.82) is 0 Å². The first kappa shape index (κ1) is 11.7. The van der Waals surface area contributed by atoms with E-state index in [4.69, 9.17) is 4.84 Å². The van der Waals surface area contributed by atoms with Crippen LogP contribution in [-0.4, -0.2) is 22.1 Å². The Morgan fingerprint density at radius 2 is 1.47 bits per heavy atom. The number of pyridine rings is 2. The molecule has 0 unspecified atom stereocenters. The van der Waals surface area contributed by atoms with Crippen LogP contribution in [0.4, 0.5) is 0 Å². The second-order valence-electron chi connectivity index (χ2n) is 3.62. The van der Waals surface area contributed by atoms with Gasteiger partial charge < -0.3 is 4.84 Å². The highest BCUT2D eigenvalue weighted by Gasteiger charge is 2.07. The summed E-state index contributed by atoms with van der Waals surface area (Å²) in [6.45, 7) is 1.29. The second kappa shape index (κ2) is 6.08. The van der Waals surface area contributed by atoms with E-state index in [1.54, 1.807) is 19.5 Å². The molecule has 17 heavy (non-hydrogen) atoms. The van der Waals surface area contributed by atoms with E-state index in [1.807, 2.05) is 41.5 Å². The minimum atomic E-state index is 0.647. The minimum absolute atomic E-state index is 0.647. The fourth-order valence-corrected chi connectivity index (χ4v) is 1.53. The fraction of sp³-hybridized carbons (Fsp3) is 0.231. The summed E-state index contributed by atoms with van der Waals surface area (Å²) in [5, 5.41) is 1.82. The van der Waals surface area contributed by atoms with E-state index in [9.17, 15) is 0 Å². The van der Waals surface area contributed by atoms with Crippen LogP contribution >= 0.6 is 0 Å². The molecule has 0 N–H and O–H groups in total. The SMILES string of the molecule is CON(Cc1ccccn1)Cc1ccccn1. The van der Waals surface area contributed by atoms with Gasteiger partial charge in [-0.15, -0.1) is 0 Å². The Bertz CT molecular complexity index is 391. The molecule has 2 heterocycles. The molecular weight excluding hydrogens is 214 g/mol. The van der Waals surface area contributed by atoms with Gasteiger partial charge in [-0.2, -0.15) is 5.06 Å². The molecule has 0 fully saturated rings. The Morgan fingerprint density at radius 3 is 1.82 bits per heavy atom. The molecule has 0 aromatic carbocycles. The molecule has 0 amide bonds. The zero-order valence-electron chi connectivity index (χ0n) is 9.78. The van der Waals surface area contributed by atoms with Crippen LogP contribution in [0.5, 0.6) is 0 Å². The summed E-state index contributed by atoms with van der Waals surface area (Å²) < 4.78 is 0. The van der Waals surface area contributed by atoms with Crippen molar-refractivity contribution in [3.8, 4) is 0 Å². The highest BCUT2D eigenvalue weighted by Crippen LogP contribution is 2.06. The third-order valence-electron chi connectivity index (χ3n) is 2.39.